The van der Waals surface area contributed by atoms with Crippen LogP contribution in [0.2, 0.25) is 15.1 Å². The van der Waals surface area contributed by atoms with Crippen LogP contribution < -0.4 is 0 Å². The summed E-state index contributed by atoms with van der Waals surface area (Å²) in [6.07, 6.45) is 0. The summed E-state index contributed by atoms with van der Waals surface area (Å²) in [5, 5.41) is 25.1. The van der Waals surface area contributed by atoms with Crippen molar-refractivity contribution in [3.63, 3.8) is 0 Å². The van der Waals surface area contributed by atoms with Crippen LogP contribution in [-0.4, -0.2) is 27.3 Å². The SMILES string of the molecule is C=C(C)C(=O)O.CC(=O)O.Oc1cc(Cl)c(Cl)cc1Cl.[Zn]. The Morgan fingerprint density at radius 3 is 1.52 bits per heavy atom. The molecule has 5 nitrogen and oxygen atoms in total. The van der Waals surface area contributed by atoms with Gasteiger partial charge in [-0.15, -0.1) is 0 Å². The number of hydrogen-bond acceptors (Lipinski definition) is 3. The number of phenolic OH excluding ortho intramolecular Hbond substituents is 1. The van der Waals surface area contributed by atoms with Crippen molar-refractivity contribution in [2.45, 2.75) is 13.8 Å². The molecule has 0 amide bonds. The van der Waals surface area contributed by atoms with Gasteiger partial charge in [0.05, 0.1) is 15.1 Å². The van der Waals surface area contributed by atoms with Crippen LogP contribution in [0.4, 0.5) is 0 Å². The second-order valence-electron chi connectivity index (χ2n) is 3.32. The van der Waals surface area contributed by atoms with Gasteiger partial charge in [-0.1, -0.05) is 41.4 Å². The minimum absolute atomic E-state index is 0. The molecule has 0 heterocycles. The number of benzene rings is 1. The number of rotatable bonds is 1. The predicted molar refractivity (Wildman–Crippen MR) is 78.9 cm³/mol. The Balaban J connectivity index is -0.000000255. The van der Waals surface area contributed by atoms with Gasteiger partial charge in [0, 0.05) is 38.0 Å². The number of aliphatic carboxylic acids is 2. The van der Waals surface area contributed by atoms with Gasteiger partial charge in [0.2, 0.25) is 0 Å². The van der Waals surface area contributed by atoms with Crippen molar-refractivity contribution < 1.29 is 44.4 Å². The molecule has 0 aliphatic rings. The fourth-order valence-corrected chi connectivity index (χ4v) is 1.05. The number of carboxylic acid groups (broad SMARTS) is 2. The summed E-state index contributed by atoms with van der Waals surface area (Å²) < 4.78 is 0. The molecule has 0 aromatic heterocycles. The van der Waals surface area contributed by atoms with Crippen LogP contribution >= 0.6 is 34.8 Å². The van der Waals surface area contributed by atoms with E-state index in [0.29, 0.717) is 10.0 Å². The fourth-order valence-electron chi connectivity index (χ4n) is 0.512. The Morgan fingerprint density at radius 2 is 1.29 bits per heavy atom. The molecule has 9 heteroatoms. The van der Waals surface area contributed by atoms with Crippen molar-refractivity contribution in [3.05, 3.63) is 39.4 Å². The summed E-state index contributed by atoms with van der Waals surface area (Å²) in [6.45, 7) is 5.69. The van der Waals surface area contributed by atoms with Crippen molar-refractivity contribution in [3.8, 4) is 5.75 Å². The van der Waals surface area contributed by atoms with Gasteiger partial charge >= 0.3 is 5.97 Å². The minimum atomic E-state index is -0.935. The maximum Gasteiger partial charge on any atom is 0.330 e. The summed E-state index contributed by atoms with van der Waals surface area (Å²) in [5.74, 6) is -1.83. The van der Waals surface area contributed by atoms with Gasteiger partial charge in [0.25, 0.3) is 5.97 Å². The molecule has 1 aromatic carbocycles. The Morgan fingerprint density at radius 1 is 1.00 bits per heavy atom. The third-order valence-corrected chi connectivity index (χ3v) is 2.38. The molecule has 0 aliphatic carbocycles. The standard InChI is InChI=1S/C6H3Cl3O.C4H6O2.C2H4O2.Zn/c7-3-1-5(9)6(10)2-4(3)8;1-3(2)4(5)6;1-2(3)4;/h1-2,10H;1H2,2H3,(H,5,6);1H3,(H,3,4);. The molecule has 0 atom stereocenters. The van der Waals surface area contributed by atoms with Gasteiger partial charge in [-0.2, -0.15) is 0 Å². The quantitative estimate of drug-likeness (QED) is 0.369. The summed E-state index contributed by atoms with van der Waals surface area (Å²) in [4.78, 5) is 18.6. The van der Waals surface area contributed by atoms with Crippen LogP contribution in [-0.2, 0) is 29.1 Å². The summed E-state index contributed by atoms with van der Waals surface area (Å²) in [5.41, 5.74) is 0.176. The van der Waals surface area contributed by atoms with Gasteiger partial charge in [-0.3, -0.25) is 4.79 Å². The predicted octanol–water partition coefficient (Wildman–Crippen LogP) is 4.09. The first kappa shape index (κ1) is 25.2. The van der Waals surface area contributed by atoms with Crippen LogP contribution in [0.15, 0.2) is 24.3 Å². The Hall–Kier alpha value is -0.807. The molecule has 0 aliphatic heterocycles. The molecular weight excluding hydrogens is 396 g/mol. The van der Waals surface area contributed by atoms with Gasteiger partial charge in [0.15, 0.2) is 0 Å². The summed E-state index contributed by atoms with van der Waals surface area (Å²) >= 11 is 16.6. The minimum Gasteiger partial charge on any atom is -0.506 e. The molecule has 1 aromatic rings. The average Bonchev–Trinajstić information content (AvgIpc) is 2.26. The number of aromatic hydroxyl groups is 1. The van der Waals surface area contributed by atoms with Crippen molar-refractivity contribution in [1.82, 2.24) is 0 Å². The van der Waals surface area contributed by atoms with E-state index < -0.39 is 11.9 Å². The van der Waals surface area contributed by atoms with Crippen molar-refractivity contribution in [1.29, 1.82) is 0 Å². The van der Waals surface area contributed by atoms with E-state index in [1.165, 1.54) is 19.1 Å². The van der Waals surface area contributed by atoms with E-state index >= 15 is 0 Å². The Bertz CT molecular complexity index is 440. The van der Waals surface area contributed by atoms with E-state index in [1.54, 1.807) is 0 Å². The zero-order chi connectivity index (χ0) is 16.5. The van der Waals surface area contributed by atoms with E-state index in [1.807, 2.05) is 0 Å². The van der Waals surface area contributed by atoms with E-state index in [2.05, 4.69) is 6.58 Å². The number of hydrogen-bond donors (Lipinski definition) is 3. The van der Waals surface area contributed by atoms with E-state index in [-0.39, 0.29) is 35.8 Å². The van der Waals surface area contributed by atoms with Crippen LogP contribution in [0, 0.1) is 0 Å². The van der Waals surface area contributed by atoms with Gasteiger partial charge in [0.1, 0.15) is 5.75 Å². The Labute approximate surface area is 149 Å². The number of carboxylic acids is 2. The summed E-state index contributed by atoms with van der Waals surface area (Å²) in [6, 6.07) is 2.69. The number of halogens is 3. The molecule has 0 fully saturated rings. The zero-order valence-electron chi connectivity index (χ0n) is 11.4. The third-order valence-electron chi connectivity index (χ3n) is 1.35. The first-order chi connectivity index (χ1) is 8.98. The topological polar surface area (TPSA) is 94.8 Å². The van der Waals surface area contributed by atoms with Crippen LogP contribution in [0.5, 0.6) is 5.75 Å². The summed E-state index contributed by atoms with van der Waals surface area (Å²) in [7, 11) is 0. The molecule has 0 spiro atoms. The number of carbonyl (C=O) groups is 2. The van der Waals surface area contributed by atoms with Gasteiger partial charge < -0.3 is 15.3 Å². The molecule has 0 bridgehead atoms. The maximum atomic E-state index is 9.60. The first-order valence-electron chi connectivity index (χ1n) is 4.90. The fraction of sp³-hybridized carbons (Fsp3) is 0.167. The van der Waals surface area contributed by atoms with Gasteiger partial charge in [-0.25, -0.2) is 4.79 Å². The van der Waals surface area contributed by atoms with Crippen molar-refractivity contribution in [2.24, 2.45) is 0 Å². The maximum absolute atomic E-state index is 9.60. The molecule has 0 saturated heterocycles. The van der Waals surface area contributed by atoms with E-state index in [0.717, 1.165) is 6.92 Å². The van der Waals surface area contributed by atoms with Crippen molar-refractivity contribution >= 4 is 46.7 Å². The van der Waals surface area contributed by atoms with Crippen LogP contribution in [0.3, 0.4) is 0 Å². The average molecular weight is 409 g/mol. The molecule has 1 rings (SSSR count). The first-order valence-corrected chi connectivity index (χ1v) is 6.04. The normalized spacial score (nSPS) is 8.05. The molecule has 0 radical (unpaired) electrons. The molecule has 114 valence electrons. The van der Waals surface area contributed by atoms with E-state index in [9.17, 15) is 4.79 Å². The monoisotopic (exact) mass is 406 g/mol. The largest absolute Gasteiger partial charge is 0.506 e. The molecule has 21 heavy (non-hydrogen) atoms. The van der Waals surface area contributed by atoms with E-state index in [4.69, 9.17) is 54.9 Å². The zero-order valence-corrected chi connectivity index (χ0v) is 16.6. The smallest absolute Gasteiger partial charge is 0.330 e. The Kier molecular flexibility index (Phi) is 15.5. The van der Waals surface area contributed by atoms with Crippen molar-refractivity contribution in [2.75, 3.05) is 0 Å². The molecule has 0 unspecified atom stereocenters. The van der Waals surface area contributed by atoms with Crippen LogP contribution in [0.1, 0.15) is 13.8 Å². The number of phenols is 1. The molecule has 0 saturated carbocycles. The second kappa shape index (κ2) is 12.9. The molecular formula is C12H13Cl3O5Zn. The van der Waals surface area contributed by atoms with Gasteiger partial charge in [-0.05, 0) is 13.0 Å². The molecule has 3 N–H and O–H groups in total. The second-order valence-corrected chi connectivity index (χ2v) is 4.54. The van der Waals surface area contributed by atoms with Crippen LogP contribution in [0.25, 0.3) is 0 Å². The third kappa shape index (κ3) is 15.4.